The molecule has 0 saturated heterocycles. The van der Waals surface area contributed by atoms with Crippen molar-refractivity contribution >= 4 is 33.5 Å². The van der Waals surface area contributed by atoms with Crippen molar-refractivity contribution in [3.05, 3.63) is 51.2 Å². The molecule has 1 aromatic carbocycles. The first-order valence-electron chi connectivity index (χ1n) is 5.23. The van der Waals surface area contributed by atoms with Gasteiger partial charge in [0, 0.05) is 10.7 Å². The van der Waals surface area contributed by atoms with Crippen molar-refractivity contribution in [2.45, 2.75) is 0 Å². The van der Waals surface area contributed by atoms with E-state index in [1.54, 1.807) is 24.4 Å². The number of methoxy groups -OCH3 is 1. The Hall–Kier alpha value is -1.77. The minimum Gasteiger partial charge on any atom is -0.464 e. The van der Waals surface area contributed by atoms with Gasteiger partial charge in [0.1, 0.15) is 11.8 Å². The molecule has 96 valence electrons. The van der Waals surface area contributed by atoms with E-state index < -0.39 is 5.97 Å². The maximum Gasteiger partial charge on any atom is 0.355 e. The fourth-order valence-corrected chi connectivity index (χ4v) is 2.24. The van der Waals surface area contributed by atoms with Crippen molar-refractivity contribution in [2.24, 2.45) is 0 Å². The molecule has 0 aliphatic heterocycles. The molecule has 0 aliphatic rings. The van der Waals surface area contributed by atoms with Gasteiger partial charge < -0.3 is 9.30 Å². The van der Waals surface area contributed by atoms with Crippen LogP contribution < -0.4 is 0 Å². The van der Waals surface area contributed by atoms with Gasteiger partial charge in [-0.3, -0.25) is 0 Å². The lowest BCUT2D eigenvalue weighted by Gasteiger charge is -2.09. The standard InChI is InChI=1S/C13H8BrClN2O2/c1-19-13(18)12-5-10(15)7-17(12)11-4-9(14)3-2-8(11)6-16/h2-5,7H,1H3. The van der Waals surface area contributed by atoms with Crippen molar-refractivity contribution in [3.8, 4) is 11.8 Å². The van der Waals surface area contributed by atoms with Crippen LogP contribution in [0.25, 0.3) is 5.69 Å². The number of halogens is 2. The molecule has 0 unspecified atom stereocenters. The monoisotopic (exact) mass is 338 g/mol. The predicted molar refractivity (Wildman–Crippen MR) is 74.5 cm³/mol. The summed E-state index contributed by atoms with van der Waals surface area (Å²) in [6.45, 7) is 0. The maximum atomic E-state index is 11.7. The molecule has 1 heterocycles. The fraction of sp³-hybridized carbons (Fsp3) is 0.0769. The first-order chi connectivity index (χ1) is 9.06. The summed E-state index contributed by atoms with van der Waals surface area (Å²) >= 11 is 9.26. The van der Waals surface area contributed by atoms with Gasteiger partial charge in [-0.2, -0.15) is 5.26 Å². The minimum absolute atomic E-state index is 0.266. The highest BCUT2D eigenvalue weighted by Gasteiger charge is 2.17. The van der Waals surface area contributed by atoms with Crippen molar-refractivity contribution in [3.63, 3.8) is 0 Å². The lowest BCUT2D eigenvalue weighted by Crippen LogP contribution is -2.09. The Morgan fingerprint density at radius 1 is 1.47 bits per heavy atom. The molecular weight excluding hydrogens is 332 g/mol. The molecular formula is C13H8BrClN2O2. The molecule has 0 fully saturated rings. The second kappa shape index (κ2) is 5.47. The number of benzene rings is 1. The molecule has 0 bridgehead atoms. The molecule has 2 rings (SSSR count). The van der Waals surface area contributed by atoms with Gasteiger partial charge >= 0.3 is 5.97 Å². The molecule has 0 aliphatic carbocycles. The topological polar surface area (TPSA) is 55.0 Å². The first-order valence-corrected chi connectivity index (χ1v) is 6.40. The lowest BCUT2D eigenvalue weighted by atomic mass is 10.2. The van der Waals surface area contributed by atoms with Gasteiger partial charge in [0.2, 0.25) is 0 Å². The molecule has 19 heavy (non-hydrogen) atoms. The highest BCUT2D eigenvalue weighted by Crippen LogP contribution is 2.25. The third kappa shape index (κ3) is 2.65. The summed E-state index contributed by atoms with van der Waals surface area (Å²) in [4.78, 5) is 11.7. The summed E-state index contributed by atoms with van der Waals surface area (Å²) in [5, 5.41) is 9.53. The molecule has 0 N–H and O–H groups in total. The van der Waals surface area contributed by atoms with Gasteiger partial charge in [-0.1, -0.05) is 27.5 Å². The molecule has 0 atom stereocenters. The van der Waals surface area contributed by atoms with E-state index in [2.05, 4.69) is 22.0 Å². The number of carbonyl (C=O) groups excluding carboxylic acids is 1. The van der Waals surface area contributed by atoms with E-state index >= 15 is 0 Å². The van der Waals surface area contributed by atoms with Gasteiger partial charge in [-0.25, -0.2) is 4.79 Å². The zero-order valence-electron chi connectivity index (χ0n) is 9.85. The van der Waals surface area contributed by atoms with E-state index in [-0.39, 0.29) is 5.69 Å². The largest absolute Gasteiger partial charge is 0.464 e. The number of aromatic nitrogens is 1. The third-order valence-corrected chi connectivity index (χ3v) is 3.22. The quantitative estimate of drug-likeness (QED) is 0.786. The fourth-order valence-electron chi connectivity index (χ4n) is 1.69. The third-order valence-electron chi connectivity index (χ3n) is 2.52. The van der Waals surface area contributed by atoms with E-state index in [0.29, 0.717) is 16.3 Å². The number of nitriles is 1. The molecule has 0 amide bonds. The highest BCUT2D eigenvalue weighted by molar-refractivity contribution is 9.10. The molecule has 0 saturated carbocycles. The Bertz CT molecular complexity index is 688. The van der Waals surface area contributed by atoms with Crippen LogP contribution in [0.5, 0.6) is 0 Å². The maximum absolute atomic E-state index is 11.7. The zero-order valence-corrected chi connectivity index (χ0v) is 12.2. The van der Waals surface area contributed by atoms with Crippen LogP contribution in [0.2, 0.25) is 5.02 Å². The number of hydrogen-bond acceptors (Lipinski definition) is 3. The number of esters is 1. The predicted octanol–water partition coefficient (Wildman–Crippen LogP) is 3.55. The van der Waals surface area contributed by atoms with Crippen LogP contribution in [0.1, 0.15) is 16.1 Å². The van der Waals surface area contributed by atoms with Crippen LogP contribution in [0.15, 0.2) is 34.9 Å². The SMILES string of the molecule is COC(=O)c1cc(Cl)cn1-c1cc(Br)ccc1C#N. The van der Waals surface area contributed by atoms with E-state index in [9.17, 15) is 4.79 Å². The van der Waals surface area contributed by atoms with Gasteiger partial charge in [0.25, 0.3) is 0 Å². The second-order valence-corrected chi connectivity index (χ2v) is 5.03. The molecule has 0 spiro atoms. The molecule has 4 nitrogen and oxygen atoms in total. The Balaban J connectivity index is 2.69. The van der Waals surface area contributed by atoms with Crippen LogP contribution >= 0.6 is 27.5 Å². The van der Waals surface area contributed by atoms with E-state index in [4.69, 9.17) is 21.6 Å². The summed E-state index contributed by atoms with van der Waals surface area (Å²) in [7, 11) is 1.29. The Kier molecular flexibility index (Phi) is 3.93. The smallest absolute Gasteiger partial charge is 0.355 e. The van der Waals surface area contributed by atoms with Crippen LogP contribution in [0.3, 0.4) is 0 Å². The number of hydrogen-bond donors (Lipinski definition) is 0. The lowest BCUT2D eigenvalue weighted by molar-refractivity contribution is 0.0591. The summed E-state index contributed by atoms with van der Waals surface area (Å²) in [6, 6.07) is 8.73. The van der Waals surface area contributed by atoms with Gasteiger partial charge in [-0.05, 0) is 24.3 Å². The van der Waals surface area contributed by atoms with E-state index in [1.165, 1.54) is 17.7 Å². The molecule has 6 heteroatoms. The van der Waals surface area contributed by atoms with Crippen LogP contribution in [-0.2, 0) is 4.74 Å². The summed E-state index contributed by atoms with van der Waals surface area (Å²) in [5.41, 5.74) is 1.26. The minimum atomic E-state index is -0.518. The molecule has 2 aromatic rings. The summed E-state index contributed by atoms with van der Waals surface area (Å²) < 4.78 is 7.04. The number of nitrogens with zero attached hydrogens (tertiary/aromatic N) is 2. The summed E-state index contributed by atoms with van der Waals surface area (Å²) in [5.74, 6) is -0.518. The van der Waals surface area contributed by atoms with Gasteiger partial charge in [-0.15, -0.1) is 0 Å². The second-order valence-electron chi connectivity index (χ2n) is 3.68. The summed E-state index contributed by atoms with van der Waals surface area (Å²) in [6.07, 6.45) is 1.57. The van der Waals surface area contributed by atoms with Gasteiger partial charge in [0.15, 0.2) is 0 Å². The highest BCUT2D eigenvalue weighted by atomic mass is 79.9. The molecule has 1 aromatic heterocycles. The van der Waals surface area contributed by atoms with Crippen molar-refractivity contribution in [2.75, 3.05) is 7.11 Å². The van der Waals surface area contributed by atoms with E-state index in [0.717, 1.165) is 4.47 Å². The normalized spacial score (nSPS) is 10.0. The van der Waals surface area contributed by atoms with Crippen molar-refractivity contribution < 1.29 is 9.53 Å². The number of rotatable bonds is 2. The Morgan fingerprint density at radius 3 is 2.84 bits per heavy atom. The van der Waals surface area contributed by atoms with Crippen LogP contribution in [0.4, 0.5) is 0 Å². The van der Waals surface area contributed by atoms with E-state index in [1.807, 2.05) is 0 Å². The van der Waals surface area contributed by atoms with Crippen LogP contribution in [-0.4, -0.2) is 17.6 Å². The van der Waals surface area contributed by atoms with Crippen LogP contribution in [0, 0.1) is 11.3 Å². The number of ether oxygens (including phenoxy) is 1. The zero-order chi connectivity index (χ0) is 14.0. The average molecular weight is 340 g/mol. The van der Waals surface area contributed by atoms with Crippen molar-refractivity contribution in [1.82, 2.24) is 4.57 Å². The average Bonchev–Trinajstić information content (AvgIpc) is 2.79. The number of carbonyl (C=O) groups is 1. The first kappa shape index (κ1) is 13.7. The Morgan fingerprint density at radius 2 is 2.21 bits per heavy atom. The van der Waals surface area contributed by atoms with Gasteiger partial charge in [0.05, 0.1) is 23.4 Å². The molecule has 0 radical (unpaired) electrons. The van der Waals surface area contributed by atoms with Crippen molar-refractivity contribution in [1.29, 1.82) is 5.26 Å². The Labute approximate surface area is 123 Å².